The molecule has 10 heteroatoms. The lowest BCUT2D eigenvalue weighted by Crippen LogP contribution is -2.59. The average Bonchev–Trinajstić information content (AvgIpc) is 2.38. The Morgan fingerprint density at radius 2 is 1.90 bits per heavy atom. The van der Waals surface area contributed by atoms with Crippen LogP contribution in [0.3, 0.4) is 0 Å². The summed E-state index contributed by atoms with van der Waals surface area (Å²) in [5.74, 6) is 0. The smallest absolute Gasteiger partial charge is 0.270 e. The van der Waals surface area contributed by atoms with Gasteiger partial charge in [-0.1, -0.05) is 11.6 Å². The number of rotatable bonds is 6. The summed E-state index contributed by atoms with van der Waals surface area (Å²) in [5.41, 5.74) is 0.836. The Bertz CT molecular complexity index is 406. The van der Waals surface area contributed by atoms with E-state index in [2.05, 4.69) is 9.05 Å². The molecule has 0 aromatic rings. The first-order chi connectivity index (χ1) is 9.68. The molecule has 9 nitrogen and oxygen atoms in total. The highest BCUT2D eigenvalue weighted by atomic mass is 31.2. The van der Waals surface area contributed by atoms with E-state index in [1.807, 2.05) is 0 Å². The predicted molar refractivity (Wildman–Crippen MR) is 67.8 cm³/mol. The van der Waals surface area contributed by atoms with Gasteiger partial charge in [0.25, 0.3) is 7.82 Å². The molecular formula is C11H20O9P-. The molecule has 0 aliphatic carbocycles. The van der Waals surface area contributed by atoms with Crippen LogP contribution in [0.2, 0.25) is 0 Å². The number of hydrogen-bond donors (Lipinski definition) is 4. The molecule has 124 valence electrons. The maximum atomic E-state index is 11.6. The van der Waals surface area contributed by atoms with E-state index >= 15 is 0 Å². The van der Waals surface area contributed by atoms with Gasteiger partial charge in [0.05, 0.1) is 13.2 Å². The van der Waals surface area contributed by atoms with Crippen molar-refractivity contribution in [1.29, 1.82) is 0 Å². The summed E-state index contributed by atoms with van der Waals surface area (Å²) in [6.45, 7) is 2.56. The topological polar surface area (TPSA) is 149 Å². The third kappa shape index (κ3) is 5.41. The highest BCUT2D eigenvalue weighted by molar-refractivity contribution is 7.45. The van der Waals surface area contributed by atoms with Gasteiger partial charge in [-0.05, 0) is 13.8 Å². The molecular weight excluding hydrogens is 307 g/mol. The van der Waals surface area contributed by atoms with Crippen molar-refractivity contribution in [3.05, 3.63) is 11.6 Å². The van der Waals surface area contributed by atoms with E-state index in [0.717, 1.165) is 5.57 Å². The van der Waals surface area contributed by atoms with Crippen molar-refractivity contribution in [2.75, 3.05) is 13.2 Å². The van der Waals surface area contributed by atoms with Crippen molar-refractivity contribution in [2.24, 2.45) is 0 Å². The molecule has 1 aliphatic rings. The van der Waals surface area contributed by atoms with Crippen LogP contribution in [0.25, 0.3) is 0 Å². The lowest BCUT2D eigenvalue weighted by Gasteiger charge is -2.41. The van der Waals surface area contributed by atoms with Crippen LogP contribution in [0.4, 0.5) is 0 Å². The largest absolute Gasteiger partial charge is 0.756 e. The van der Waals surface area contributed by atoms with Crippen molar-refractivity contribution in [1.82, 2.24) is 0 Å². The fraction of sp³-hybridized carbons (Fsp3) is 0.818. The number of hydrogen-bond acceptors (Lipinski definition) is 9. The summed E-state index contributed by atoms with van der Waals surface area (Å²) in [7, 11) is -4.79. The quantitative estimate of drug-likeness (QED) is 0.329. The number of phosphoric acid groups is 1. The molecule has 2 unspecified atom stereocenters. The molecule has 0 aromatic carbocycles. The zero-order valence-corrected chi connectivity index (χ0v) is 12.6. The van der Waals surface area contributed by atoms with Crippen molar-refractivity contribution >= 4 is 7.82 Å². The molecule has 0 amide bonds. The number of aliphatic hydroxyl groups excluding tert-OH is 4. The second-order valence-electron chi connectivity index (χ2n) is 4.83. The highest BCUT2D eigenvalue weighted by Crippen LogP contribution is 2.42. The summed E-state index contributed by atoms with van der Waals surface area (Å²) >= 11 is 0. The third-order valence-corrected chi connectivity index (χ3v) is 3.74. The average molecular weight is 327 g/mol. The summed E-state index contributed by atoms with van der Waals surface area (Å²) in [5, 5.41) is 37.6. The van der Waals surface area contributed by atoms with E-state index in [0.29, 0.717) is 0 Å². The Kier molecular flexibility index (Phi) is 6.92. The Balaban J connectivity index is 2.67. The number of aliphatic hydroxyl groups is 4. The molecule has 1 saturated heterocycles. The number of allylic oxidation sites excluding steroid dienone is 1. The van der Waals surface area contributed by atoms with Gasteiger partial charge in [-0.25, -0.2) is 0 Å². The van der Waals surface area contributed by atoms with Crippen LogP contribution in [0, 0.1) is 0 Å². The summed E-state index contributed by atoms with van der Waals surface area (Å²) in [4.78, 5) is 11.6. The van der Waals surface area contributed by atoms with Crippen LogP contribution in [0.1, 0.15) is 13.8 Å². The summed E-state index contributed by atoms with van der Waals surface area (Å²) < 4.78 is 25.5. The molecule has 1 fully saturated rings. The van der Waals surface area contributed by atoms with Crippen LogP contribution in [0.15, 0.2) is 11.6 Å². The minimum atomic E-state index is -4.79. The molecule has 0 radical (unpaired) electrons. The molecule has 0 spiro atoms. The fourth-order valence-corrected chi connectivity index (χ4v) is 2.35. The van der Waals surface area contributed by atoms with E-state index in [9.17, 15) is 24.8 Å². The highest BCUT2D eigenvalue weighted by Gasteiger charge is 2.45. The third-order valence-electron chi connectivity index (χ3n) is 2.81. The molecule has 1 rings (SSSR count). The zero-order valence-electron chi connectivity index (χ0n) is 11.7. The number of phosphoric ester groups is 1. The van der Waals surface area contributed by atoms with Gasteiger partial charge in [0, 0.05) is 0 Å². The molecule has 4 N–H and O–H groups in total. The van der Waals surface area contributed by atoms with Gasteiger partial charge in [0.2, 0.25) is 0 Å². The van der Waals surface area contributed by atoms with Gasteiger partial charge in [-0.3, -0.25) is 9.09 Å². The van der Waals surface area contributed by atoms with Gasteiger partial charge in [-0.15, -0.1) is 0 Å². The van der Waals surface area contributed by atoms with Crippen molar-refractivity contribution in [3.8, 4) is 0 Å². The van der Waals surface area contributed by atoms with Gasteiger partial charge in [0.1, 0.15) is 24.4 Å². The van der Waals surface area contributed by atoms with Crippen LogP contribution < -0.4 is 4.89 Å². The van der Waals surface area contributed by atoms with E-state index in [4.69, 9.17) is 9.84 Å². The Morgan fingerprint density at radius 1 is 1.29 bits per heavy atom. The molecule has 0 saturated carbocycles. The SMILES string of the molecule is CC(C)=CCOP(=O)([O-])OC1O[C@H](CO)[C@@H](O)[C@H](O)[C@H]1O. The predicted octanol–water partition coefficient (Wildman–Crippen LogP) is -1.75. The van der Waals surface area contributed by atoms with Crippen molar-refractivity contribution in [3.63, 3.8) is 0 Å². The molecule has 6 atom stereocenters. The standard InChI is InChI=1S/C11H21O9P/c1-6(2)3-4-18-21(16,17)20-11-10(15)9(14)8(13)7(5-12)19-11/h3,7-15H,4-5H2,1-2H3,(H,16,17)/p-1/t7-,8-,9+,10-,11?/m1/s1. The number of ether oxygens (including phenoxy) is 1. The lowest BCUT2D eigenvalue weighted by atomic mass is 10.00. The van der Waals surface area contributed by atoms with Crippen LogP contribution in [0.5, 0.6) is 0 Å². The van der Waals surface area contributed by atoms with Gasteiger partial charge in [-0.2, -0.15) is 0 Å². The van der Waals surface area contributed by atoms with E-state index in [1.54, 1.807) is 13.8 Å². The second-order valence-corrected chi connectivity index (χ2v) is 6.19. The lowest BCUT2D eigenvalue weighted by molar-refractivity contribution is -0.304. The van der Waals surface area contributed by atoms with Gasteiger partial charge < -0.3 is 34.6 Å². The first-order valence-corrected chi connectivity index (χ1v) is 7.72. The fourth-order valence-electron chi connectivity index (χ4n) is 1.61. The molecule has 0 aromatic heterocycles. The van der Waals surface area contributed by atoms with E-state index in [1.165, 1.54) is 6.08 Å². The Labute approximate surface area is 122 Å². The normalized spacial score (nSPS) is 36.0. The van der Waals surface area contributed by atoms with Crippen molar-refractivity contribution in [2.45, 2.75) is 44.6 Å². The Hall–Kier alpha value is -0.350. The minimum Gasteiger partial charge on any atom is -0.756 e. The van der Waals surface area contributed by atoms with Gasteiger partial charge in [0.15, 0.2) is 6.29 Å². The molecule has 21 heavy (non-hydrogen) atoms. The monoisotopic (exact) mass is 327 g/mol. The maximum Gasteiger partial charge on any atom is 0.270 e. The first-order valence-electron chi connectivity index (χ1n) is 6.26. The van der Waals surface area contributed by atoms with E-state index in [-0.39, 0.29) is 6.61 Å². The van der Waals surface area contributed by atoms with Crippen LogP contribution in [-0.4, -0.2) is 64.3 Å². The summed E-state index contributed by atoms with van der Waals surface area (Å²) in [6.07, 6.45) is -6.67. The van der Waals surface area contributed by atoms with Crippen LogP contribution >= 0.6 is 7.82 Å². The second kappa shape index (κ2) is 7.77. The minimum absolute atomic E-state index is 0.249. The molecule has 1 aliphatic heterocycles. The van der Waals surface area contributed by atoms with Crippen LogP contribution in [-0.2, 0) is 18.3 Å². The van der Waals surface area contributed by atoms with E-state index < -0.39 is 45.1 Å². The van der Waals surface area contributed by atoms with Gasteiger partial charge >= 0.3 is 0 Å². The summed E-state index contributed by atoms with van der Waals surface area (Å²) in [6, 6.07) is 0. The zero-order chi connectivity index (χ0) is 16.2. The molecule has 1 heterocycles. The Morgan fingerprint density at radius 3 is 2.43 bits per heavy atom. The molecule has 0 bridgehead atoms. The maximum absolute atomic E-state index is 11.6. The van der Waals surface area contributed by atoms with Crippen molar-refractivity contribution < 1.29 is 43.7 Å². The first kappa shape index (κ1) is 18.7.